The highest BCUT2D eigenvalue weighted by Crippen LogP contribution is 2.31. The fraction of sp³-hybridized carbons (Fsp3) is 0.533. The van der Waals surface area contributed by atoms with Gasteiger partial charge in [0.25, 0.3) is 0 Å². The summed E-state index contributed by atoms with van der Waals surface area (Å²) in [5.41, 5.74) is 2.22. The van der Waals surface area contributed by atoms with Crippen molar-refractivity contribution in [2.45, 2.75) is 45.2 Å². The van der Waals surface area contributed by atoms with Gasteiger partial charge in [-0.15, -0.1) is 0 Å². The van der Waals surface area contributed by atoms with Gasteiger partial charge in [-0.25, -0.2) is 4.98 Å². The van der Waals surface area contributed by atoms with Gasteiger partial charge in [0.2, 0.25) is 5.91 Å². The van der Waals surface area contributed by atoms with Gasteiger partial charge in [0.1, 0.15) is 0 Å². The number of amides is 1. The standard InChI is InChI=1S/C15H21N5O/c1-12-10-17-18-15(12)13-4-2-3-7-20(13)14(21)5-8-19-9-6-16-11-19/h6,9-11,13H,2-5,7-8H2,1H3,(H,17,18)/t13-/m0/s1. The molecule has 6 heteroatoms. The van der Waals surface area contributed by atoms with E-state index in [2.05, 4.69) is 15.2 Å². The summed E-state index contributed by atoms with van der Waals surface area (Å²) < 4.78 is 1.94. The lowest BCUT2D eigenvalue weighted by molar-refractivity contribution is -0.135. The van der Waals surface area contributed by atoms with Gasteiger partial charge in [-0.05, 0) is 31.7 Å². The highest BCUT2D eigenvalue weighted by molar-refractivity contribution is 5.76. The molecule has 1 amide bonds. The van der Waals surface area contributed by atoms with Crippen molar-refractivity contribution in [3.05, 3.63) is 36.2 Å². The van der Waals surface area contributed by atoms with E-state index in [1.54, 1.807) is 12.5 Å². The second kappa shape index (κ2) is 6.11. The number of carbonyl (C=O) groups excluding carboxylic acids is 1. The second-order valence-corrected chi connectivity index (χ2v) is 5.62. The Hall–Kier alpha value is -2.11. The molecule has 2 aromatic rings. The maximum absolute atomic E-state index is 12.6. The molecule has 0 unspecified atom stereocenters. The molecular weight excluding hydrogens is 266 g/mol. The van der Waals surface area contributed by atoms with Crippen LogP contribution in [-0.2, 0) is 11.3 Å². The number of hydrogen-bond donors (Lipinski definition) is 1. The van der Waals surface area contributed by atoms with E-state index in [-0.39, 0.29) is 11.9 Å². The van der Waals surface area contributed by atoms with Gasteiger partial charge in [0.05, 0.1) is 24.3 Å². The summed E-state index contributed by atoms with van der Waals surface area (Å²) in [7, 11) is 0. The van der Waals surface area contributed by atoms with Gasteiger partial charge in [0.15, 0.2) is 0 Å². The molecule has 0 aliphatic carbocycles. The number of rotatable bonds is 4. The average Bonchev–Trinajstić information content (AvgIpc) is 3.16. The molecule has 112 valence electrons. The van der Waals surface area contributed by atoms with E-state index in [0.29, 0.717) is 13.0 Å². The Morgan fingerprint density at radius 1 is 1.48 bits per heavy atom. The number of likely N-dealkylation sites (tertiary alicyclic amines) is 1. The minimum atomic E-state index is 0.150. The topological polar surface area (TPSA) is 66.8 Å². The zero-order valence-electron chi connectivity index (χ0n) is 12.3. The number of hydrogen-bond acceptors (Lipinski definition) is 3. The highest BCUT2D eigenvalue weighted by Gasteiger charge is 2.29. The first-order chi connectivity index (χ1) is 10.3. The Balaban J connectivity index is 1.69. The first-order valence-corrected chi connectivity index (χ1v) is 7.51. The summed E-state index contributed by atoms with van der Waals surface area (Å²) in [6.45, 7) is 3.57. The van der Waals surface area contributed by atoms with Crippen molar-refractivity contribution in [3.63, 3.8) is 0 Å². The molecule has 3 rings (SSSR count). The van der Waals surface area contributed by atoms with E-state index in [4.69, 9.17) is 0 Å². The number of aromatic amines is 1. The monoisotopic (exact) mass is 287 g/mol. The lowest BCUT2D eigenvalue weighted by Crippen LogP contribution is -2.39. The molecular formula is C15H21N5O. The van der Waals surface area contributed by atoms with Crippen molar-refractivity contribution in [2.24, 2.45) is 0 Å². The van der Waals surface area contributed by atoms with Crippen molar-refractivity contribution in [1.82, 2.24) is 24.6 Å². The molecule has 0 saturated carbocycles. The van der Waals surface area contributed by atoms with E-state index in [1.165, 1.54) is 0 Å². The summed E-state index contributed by atoms with van der Waals surface area (Å²) in [5.74, 6) is 0.211. The van der Waals surface area contributed by atoms with Gasteiger partial charge in [-0.2, -0.15) is 5.10 Å². The normalized spacial score (nSPS) is 18.9. The van der Waals surface area contributed by atoms with Gasteiger partial charge in [0, 0.05) is 31.9 Å². The highest BCUT2D eigenvalue weighted by atomic mass is 16.2. The van der Waals surface area contributed by atoms with Crippen LogP contribution < -0.4 is 0 Å². The van der Waals surface area contributed by atoms with Gasteiger partial charge in [-0.1, -0.05) is 0 Å². The molecule has 1 aliphatic rings. The number of carbonyl (C=O) groups is 1. The van der Waals surface area contributed by atoms with E-state index < -0.39 is 0 Å². The van der Waals surface area contributed by atoms with Crippen LogP contribution in [0.5, 0.6) is 0 Å². The average molecular weight is 287 g/mol. The van der Waals surface area contributed by atoms with Gasteiger partial charge in [-0.3, -0.25) is 9.89 Å². The minimum Gasteiger partial charge on any atom is -0.337 e. The van der Waals surface area contributed by atoms with Crippen molar-refractivity contribution < 1.29 is 4.79 Å². The Bertz CT molecular complexity index is 589. The van der Waals surface area contributed by atoms with Crippen LogP contribution in [0.3, 0.4) is 0 Å². The number of imidazole rings is 1. The first-order valence-electron chi connectivity index (χ1n) is 7.51. The Kier molecular flexibility index (Phi) is 4.03. The third-order valence-electron chi connectivity index (χ3n) is 4.17. The number of aromatic nitrogens is 4. The zero-order chi connectivity index (χ0) is 14.7. The Morgan fingerprint density at radius 2 is 2.38 bits per heavy atom. The number of H-pyrrole nitrogens is 1. The predicted molar refractivity (Wildman–Crippen MR) is 78.5 cm³/mol. The molecule has 1 saturated heterocycles. The summed E-state index contributed by atoms with van der Waals surface area (Å²) in [5, 5.41) is 7.17. The SMILES string of the molecule is Cc1cn[nH]c1[C@@H]1CCCCN1C(=O)CCn1ccnc1. The largest absolute Gasteiger partial charge is 0.337 e. The first kappa shape index (κ1) is 13.9. The summed E-state index contributed by atoms with van der Waals surface area (Å²) in [4.78, 5) is 18.6. The molecule has 0 radical (unpaired) electrons. The fourth-order valence-electron chi connectivity index (χ4n) is 3.01. The predicted octanol–water partition coefficient (Wildman–Crippen LogP) is 2.06. The number of aryl methyl sites for hydroxylation is 2. The minimum absolute atomic E-state index is 0.150. The van der Waals surface area contributed by atoms with E-state index >= 15 is 0 Å². The number of nitrogens with one attached hydrogen (secondary N) is 1. The lowest BCUT2D eigenvalue weighted by atomic mass is 9.97. The second-order valence-electron chi connectivity index (χ2n) is 5.62. The van der Waals surface area contributed by atoms with E-state index in [1.807, 2.05) is 28.8 Å². The molecule has 1 aliphatic heterocycles. The maximum Gasteiger partial charge on any atom is 0.224 e. The molecule has 0 bridgehead atoms. The summed E-state index contributed by atoms with van der Waals surface area (Å²) in [6, 6.07) is 0.150. The fourth-order valence-corrected chi connectivity index (χ4v) is 3.01. The molecule has 0 aromatic carbocycles. The van der Waals surface area contributed by atoms with Crippen molar-refractivity contribution in [3.8, 4) is 0 Å². The third kappa shape index (κ3) is 2.99. The Labute approximate surface area is 124 Å². The van der Waals surface area contributed by atoms with Crippen LogP contribution in [0.1, 0.15) is 43.0 Å². The Morgan fingerprint density at radius 3 is 3.10 bits per heavy atom. The van der Waals surface area contributed by atoms with Crippen LogP contribution in [0.4, 0.5) is 0 Å². The van der Waals surface area contributed by atoms with Crippen LogP contribution in [0.25, 0.3) is 0 Å². The molecule has 21 heavy (non-hydrogen) atoms. The summed E-state index contributed by atoms with van der Waals surface area (Å²) in [6.07, 6.45) is 11.0. The zero-order valence-corrected chi connectivity index (χ0v) is 12.3. The van der Waals surface area contributed by atoms with Crippen LogP contribution in [-0.4, -0.2) is 37.1 Å². The van der Waals surface area contributed by atoms with E-state index in [0.717, 1.165) is 37.1 Å². The molecule has 1 N–H and O–H groups in total. The molecule has 3 heterocycles. The number of piperidine rings is 1. The smallest absolute Gasteiger partial charge is 0.224 e. The molecule has 1 atom stereocenters. The lowest BCUT2D eigenvalue weighted by Gasteiger charge is -2.35. The maximum atomic E-state index is 12.6. The molecule has 1 fully saturated rings. The number of nitrogens with zero attached hydrogens (tertiary/aromatic N) is 4. The quantitative estimate of drug-likeness (QED) is 0.936. The van der Waals surface area contributed by atoms with E-state index in [9.17, 15) is 4.79 Å². The van der Waals surface area contributed by atoms with Crippen LogP contribution in [0, 0.1) is 6.92 Å². The third-order valence-corrected chi connectivity index (χ3v) is 4.17. The van der Waals surface area contributed by atoms with Crippen molar-refractivity contribution in [2.75, 3.05) is 6.54 Å². The molecule has 6 nitrogen and oxygen atoms in total. The van der Waals surface area contributed by atoms with Crippen molar-refractivity contribution in [1.29, 1.82) is 0 Å². The van der Waals surface area contributed by atoms with Crippen LogP contribution in [0.15, 0.2) is 24.9 Å². The molecule has 0 spiro atoms. The summed E-state index contributed by atoms with van der Waals surface area (Å²) >= 11 is 0. The molecule has 2 aromatic heterocycles. The van der Waals surface area contributed by atoms with Gasteiger partial charge >= 0.3 is 0 Å². The van der Waals surface area contributed by atoms with Crippen LogP contribution in [0.2, 0.25) is 0 Å². The van der Waals surface area contributed by atoms with Crippen molar-refractivity contribution >= 4 is 5.91 Å². The van der Waals surface area contributed by atoms with Gasteiger partial charge < -0.3 is 9.47 Å². The van der Waals surface area contributed by atoms with Crippen LogP contribution >= 0.6 is 0 Å².